The van der Waals surface area contributed by atoms with Gasteiger partial charge >= 0.3 is 25.7 Å². The Bertz CT molecular complexity index is 1670. The molecule has 0 fully saturated rings. The van der Waals surface area contributed by atoms with Crippen LogP contribution >= 0.6 is 7.82 Å². The van der Waals surface area contributed by atoms with Gasteiger partial charge in [-0.1, -0.05) is 234 Å². The first-order valence-corrected chi connectivity index (χ1v) is 34.0. The van der Waals surface area contributed by atoms with Crippen LogP contribution < -0.4 is 0 Å². The second-order valence-electron chi connectivity index (χ2n) is 21.6. The molecule has 0 aliphatic heterocycles. The van der Waals surface area contributed by atoms with Gasteiger partial charge in [0.25, 0.3) is 0 Å². The molecule has 11 nitrogen and oxygen atoms in total. The maximum Gasteiger partial charge on any atom is 0.472 e. The summed E-state index contributed by atoms with van der Waals surface area (Å²) in [5.74, 6) is -1.49. The number of phosphoric ester groups is 1. The van der Waals surface area contributed by atoms with E-state index in [0.717, 1.165) is 128 Å². The van der Waals surface area contributed by atoms with E-state index in [-0.39, 0.29) is 25.9 Å². The lowest BCUT2D eigenvalue weighted by atomic mass is 10.1. The van der Waals surface area contributed by atoms with Crippen molar-refractivity contribution in [2.24, 2.45) is 0 Å². The van der Waals surface area contributed by atoms with Crippen molar-refractivity contribution in [1.29, 1.82) is 0 Å². The van der Waals surface area contributed by atoms with Gasteiger partial charge in [-0.15, -0.1) is 0 Å². The van der Waals surface area contributed by atoms with Gasteiger partial charge in [-0.2, -0.15) is 0 Å². The Labute approximate surface area is 490 Å². The summed E-state index contributed by atoms with van der Waals surface area (Å²) in [6.45, 7) is 4.57. The maximum atomic E-state index is 13.0. The second kappa shape index (κ2) is 61.7. The summed E-state index contributed by atoms with van der Waals surface area (Å²) in [7, 11) is -4.76. The molecule has 0 saturated heterocycles. The summed E-state index contributed by atoms with van der Waals surface area (Å²) in [5, 5.41) is 9.86. The van der Waals surface area contributed by atoms with Gasteiger partial charge in [0, 0.05) is 19.3 Å². The SMILES string of the molecule is CCCCC/C=C\C/C=C\C/C=C\CCCCCCCCC(=O)OCC(COP(=O)(O)OCC(CO)OC(=O)CCCCCCCCC/C=C\C/C=C\CCCCC)OC(=O)CCCCCCCCC/C=C\C/C=C\CCCCC. The van der Waals surface area contributed by atoms with Crippen LogP contribution in [-0.4, -0.2) is 66.5 Å². The molecule has 0 rings (SSSR count). The molecule has 0 aliphatic carbocycles. The van der Waals surface area contributed by atoms with Crippen LogP contribution in [0.2, 0.25) is 0 Å². The highest BCUT2D eigenvalue weighted by Crippen LogP contribution is 2.43. The van der Waals surface area contributed by atoms with Crippen molar-refractivity contribution in [2.45, 2.75) is 303 Å². The first-order chi connectivity index (χ1) is 39.2. The van der Waals surface area contributed by atoms with Gasteiger partial charge in [-0.05, 0) is 122 Å². The standard InChI is InChI=1S/C68H119O11P/c1-4-7-10-13-16-19-22-25-28-31-32-35-36-39-42-45-48-51-54-57-66(70)75-61-65(79-68(72)59-56-53-50-47-44-41-38-34-30-27-24-21-18-15-12-9-6-3)63-77-80(73,74)76-62-64(60-69)78-67(71)58-55-52-49-46-43-40-37-33-29-26-23-20-17-14-11-8-5-2/h16-21,25-30,32,35,64-65,69H,4-15,22-24,31,33-34,36-63H2,1-3H3,(H,73,74)/b19-16-,20-17-,21-18-,28-25-,29-26-,30-27-,35-32-. The lowest BCUT2D eigenvalue weighted by Gasteiger charge is -2.21. The average molecular weight is 1140 g/mol. The molecule has 0 bridgehead atoms. The number of aliphatic hydroxyl groups excluding tert-OH is 1. The Balaban J connectivity index is 4.73. The fraction of sp³-hybridized carbons (Fsp3) is 0.750. The van der Waals surface area contributed by atoms with Crippen molar-refractivity contribution < 1.29 is 52.2 Å². The highest BCUT2D eigenvalue weighted by Gasteiger charge is 2.28. The Morgan fingerprint density at radius 1 is 0.350 bits per heavy atom. The number of carbonyl (C=O) groups is 3. The van der Waals surface area contributed by atoms with Gasteiger partial charge in [0.05, 0.1) is 19.8 Å². The topological polar surface area (TPSA) is 155 Å². The first-order valence-electron chi connectivity index (χ1n) is 32.5. The number of rotatable bonds is 60. The van der Waals surface area contributed by atoms with Crippen LogP contribution in [0.25, 0.3) is 0 Å². The van der Waals surface area contributed by atoms with Crippen molar-refractivity contribution in [1.82, 2.24) is 0 Å². The smallest absolute Gasteiger partial charge is 0.462 e. The van der Waals surface area contributed by atoms with Crippen molar-refractivity contribution in [2.75, 3.05) is 26.4 Å². The fourth-order valence-electron chi connectivity index (χ4n) is 8.78. The minimum atomic E-state index is -4.76. The van der Waals surface area contributed by atoms with E-state index in [9.17, 15) is 28.9 Å². The normalized spacial score (nSPS) is 13.8. The van der Waals surface area contributed by atoms with E-state index in [1.807, 2.05) is 0 Å². The molecule has 2 N–H and O–H groups in total. The molecule has 0 saturated carbocycles. The Morgan fingerprint density at radius 3 is 0.938 bits per heavy atom. The minimum absolute atomic E-state index is 0.153. The van der Waals surface area contributed by atoms with Crippen LogP contribution in [0, 0.1) is 0 Å². The Morgan fingerprint density at radius 2 is 0.613 bits per heavy atom. The monoisotopic (exact) mass is 1140 g/mol. The highest BCUT2D eigenvalue weighted by atomic mass is 31.2. The van der Waals surface area contributed by atoms with E-state index in [1.54, 1.807) is 0 Å². The van der Waals surface area contributed by atoms with Gasteiger partial charge in [0.15, 0.2) is 6.10 Å². The number of ether oxygens (including phenoxy) is 3. The van der Waals surface area contributed by atoms with E-state index >= 15 is 0 Å². The number of aliphatic hydroxyl groups is 1. The molecule has 0 heterocycles. The van der Waals surface area contributed by atoms with Crippen LogP contribution in [0.1, 0.15) is 290 Å². The summed E-state index contributed by atoms with van der Waals surface area (Å²) >= 11 is 0. The molecule has 462 valence electrons. The maximum absolute atomic E-state index is 13.0. The molecular weight excluding hydrogens is 1020 g/mol. The quantitative estimate of drug-likeness (QED) is 0.0197. The summed E-state index contributed by atoms with van der Waals surface area (Å²) in [4.78, 5) is 48.8. The van der Waals surface area contributed by atoms with Crippen molar-refractivity contribution in [3.63, 3.8) is 0 Å². The zero-order valence-corrected chi connectivity index (χ0v) is 52.2. The van der Waals surface area contributed by atoms with Gasteiger partial charge < -0.3 is 24.2 Å². The van der Waals surface area contributed by atoms with Crippen LogP contribution in [-0.2, 0) is 42.2 Å². The number of esters is 3. The predicted octanol–water partition coefficient (Wildman–Crippen LogP) is 19.8. The zero-order chi connectivity index (χ0) is 58.3. The largest absolute Gasteiger partial charge is 0.472 e. The molecule has 12 heteroatoms. The predicted molar refractivity (Wildman–Crippen MR) is 334 cm³/mol. The molecule has 0 amide bonds. The van der Waals surface area contributed by atoms with E-state index in [1.165, 1.54) is 103 Å². The van der Waals surface area contributed by atoms with E-state index in [2.05, 4.69) is 106 Å². The van der Waals surface area contributed by atoms with Crippen molar-refractivity contribution >= 4 is 25.7 Å². The third-order valence-corrected chi connectivity index (χ3v) is 14.7. The number of phosphoric acid groups is 1. The number of hydrogen-bond acceptors (Lipinski definition) is 10. The first kappa shape index (κ1) is 76.7. The summed E-state index contributed by atoms with van der Waals surface area (Å²) in [5.41, 5.74) is 0. The Hall–Kier alpha value is -3.34. The molecule has 80 heavy (non-hydrogen) atoms. The molecule has 3 unspecified atom stereocenters. The molecular formula is C68H119O11P. The molecule has 0 radical (unpaired) electrons. The molecule has 0 aromatic carbocycles. The molecule has 0 aromatic heterocycles. The lowest BCUT2D eigenvalue weighted by Crippen LogP contribution is -2.30. The van der Waals surface area contributed by atoms with Gasteiger partial charge in [-0.25, -0.2) is 4.57 Å². The van der Waals surface area contributed by atoms with Crippen LogP contribution in [0.3, 0.4) is 0 Å². The third kappa shape index (κ3) is 59.3. The van der Waals surface area contributed by atoms with Crippen LogP contribution in [0.4, 0.5) is 0 Å². The summed E-state index contributed by atoms with van der Waals surface area (Å²) < 4.78 is 39.7. The minimum Gasteiger partial charge on any atom is -0.462 e. The van der Waals surface area contributed by atoms with Crippen LogP contribution in [0.5, 0.6) is 0 Å². The second-order valence-corrected chi connectivity index (χ2v) is 23.0. The van der Waals surface area contributed by atoms with Crippen molar-refractivity contribution in [3.05, 3.63) is 85.1 Å². The number of hydrogen-bond donors (Lipinski definition) is 2. The average Bonchev–Trinajstić information content (AvgIpc) is 3.45. The van der Waals surface area contributed by atoms with Crippen molar-refractivity contribution in [3.8, 4) is 0 Å². The Kier molecular flexibility index (Phi) is 59.1. The van der Waals surface area contributed by atoms with E-state index in [4.69, 9.17) is 23.3 Å². The molecule has 0 spiro atoms. The summed E-state index contributed by atoms with van der Waals surface area (Å²) in [6.07, 6.45) is 72.3. The lowest BCUT2D eigenvalue weighted by molar-refractivity contribution is -0.161. The fourth-order valence-corrected chi connectivity index (χ4v) is 9.56. The highest BCUT2D eigenvalue weighted by molar-refractivity contribution is 7.47. The molecule has 0 aliphatic rings. The van der Waals surface area contributed by atoms with E-state index in [0.29, 0.717) is 19.3 Å². The number of unbranched alkanes of at least 4 members (excludes halogenated alkanes) is 29. The van der Waals surface area contributed by atoms with Crippen LogP contribution in [0.15, 0.2) is 85.1 Å². The van der Waals surface area contributed by atoms with Gasteiger partial charge in [0.1, 0.15) is 12.7 Å². The zero-order valence-electron chi connectivity index (χ0n) is 51.3. The van der Waals surface area contributed by atoms with Gasteiger partial charge in [0.2, 0.25) is 0 Å². The summed E-state index contributed by atoms with van der Waals surface area (Å²) in [6, 6.07) is 0. The van der Waals surface area contributed by atoms with E-state index < -0.39 is 57.8 Å². The number of allylic oxidation sites excluding steroid dienone is 14. The van der Waals surface area contributed by atoms with Gasteiger partial charge in [-0.3, -0.25) is 23.4 Å². The molecule has 3 atom stereocenters. The third-order valence-electron chi connectivity index (χ3n) is 13.8. The molecule has 0 aromatic rings. The number of carbonyl (C=O) groups excluding carboxylic acids is 3.